The summed E-state index contributed by atoms with van der Waals surface area (Å²) in [5.74, 6) is 0.0889. The normalized spacial score (nSPS) is 55.9. The molecule has 0 aromatic heterocycles. The topological polar surface area (TPSA) is 422 Å². The van der Waals surface area contributed by atoms with Gasteiger partial charge < -0.3 is 129 Å². The number of esters is 1. The Kier molecular flexibility index (Phi) is 18.1. The molecule has 0 radical (unpaired) electrons. The molecule has 12 rings (SSSR count). The van der Waals surface area contributed by atoms with E-state index in [2.05, 4.69) is 40.7 Å². The van der Waals surface area contributed by atoms with E-state index < -0.39 is 203 Å². The van der Waals surface area contributed by atoms with Crippen LogP contribution < -0.4 is 0 Å². The number of hydrogen-bond donors (Lipinski definition) is 15. The average molecular weight is 1220 g/mol. The highest BCUT2D eigenvalue weighted by atomic mass is 16.8. The second-order valence-electron chi connectivity index (χ2n) is 28.2. The maximum absolute atomic E-state index is 13.4. The molecule has 85 heavy (non-hydrogen) atoms. The predicted octanol–water partition coefficient (Wildman–Crippen LogP) is -3.94. The molecule has 27 heteroatoms. The number of allylic oxidation sites excluding steroid dienone is 2. The van der Waals surface area contributed by atoms with Crippen LogP contribution in [0.2, 0.25) is 0 Å². The minimum absolute atomic E-state index is 0.00873. The largest absolute Gasteiger partial charge is 0.465 e. The molecule has 486 valence electrons. The molecule has 33 unspecified atom stereocenters. The summed E-state index contributed by atoms with van der Waals surface area (Å²) >= 11 is 0. The Hall–Kier alpha value is -1.79. The second-order valence-corrected chi connectivity index (χ2v) is 28.2. The first kappa shape index (κ1) is 64.7. The van der Waals surface area contributed by atoms with E-state index in [9.17, 15) is 81.4 Å². The Balaban J connectivity index is 0.856. The Labute approximate surface area is 492 Å². The summed E-state index contributed by atoms with van der Waals surface area (Å²) in [4.78, 5) is 13.4. The van der Waals surface area contributed by atoms with Gasteiger partial charge >= 0.3 is 5.97 Å². The van der Waals surface area contributed by atoms with Crippen LogP contribution in [-0.2, 0) is 56.9 Å². The van der Waals surface area contributed by atoms with Crippen molar-refractivity contribution < 1.29 is 133 Å². The van der Waals surface area contributed by atoms with E-state index in [1.807, 2.05) is 6.92 Å². The first-order valence-electron chi connectivity index (χ1n) is 30.4. The van der Waals surface area contributed by atoms with Gasteiger partial charge in [0.05, 0.1) is 57.3 Å². The lowest BCUT2D eigenvalue weighted by atomic mass is 9.33. The fraction of sp³-hybridized carbons (Fsp3) is 0.948. The Morgan fingerprint density at radius 2 is 1.11 bits per heavy atom. The first-order chi connectivity index (χ1) is 40.0. The van der Waals surface area contributed by atoms with Crippen LogP contribution in [-0.4, -0.2) is 276 Å². The van der Waals surface area contributed by atoms with Gasteiger partial charge in [-0.3, -0.25) is 4.79 Å². The number of rotatable bonds is 13. The van der Waals surface area contributed by atoms with Gasteiger partial charge in [0.1, 0.15) is 110 Å². The average Bonchev–Trinajstić information content (AvgIpc) is 1.45. The van der Waals surface area contributed by atoms with Crippen molar-refractivity contribution in [1.29, 1.82) is 0 Å². The van der Waals surface area contributed by atoms with Crippen molar-refractivity contribution in [3.63, 3.8) is 0 Å². The molecule has 4 saturated carbocycles. The van der Waals surface area contributed by atoms with Gasteiger partial charge in [-0.25, -0.2) is 0 Å². The molecule has 15 N–H and O–H groups in total. The quantitative estimate of drug-likeness (QED) is 0.0475. The van der Waals surface area contributed by atoms with E-state index in [1.165, 1.54) is 5.57 Å². The van der Waals surface area contributed by atoms with Crippen LogP contribution in [0.15, 0.2) is 11.6 Å². The third-order valence-corrected chi connectivity index (χ3v) is 23.4. The van der Waals surface area contributed by atoms with Crippen molar-refractivity contribution in [2.24, 2.45) is 50.2 Å². The third kappa shape index (κ3) is 10.4. The molecule has 7 aliphatic heterocycles. The molecule has 12 aliphatic rings. The maximum Gasteiger partial charge on any atom is 0.311 e. The van der Waals surface area contributed by atoms with Crippen LogP contribution >= 0.6 is 0 Å². The van der Waals surface area contributed by atoms with Crippen LogP contribution in [0.1, 0.15) is 99.3 Å². The number of hydrogen-bond acceptors (Lipinski definition) is 27. The highest BCUT2D eigenvalue weighted by molar-refractivity contribution is 5.77. The van der Waals surface area contributed by atoms with Crippen LogP contribution in [0.5, 0.6) is 0 Å². The molecular formula is C58H92O27. The molecule has 1 spiro atoms. The van der Waals surface area contributed by atoms with Crippen molar-refractivity contribution >= 4 is 5.97 Å². The standard InChI is InChI=1S/C58H92O27/c1-53(2)30-9-12-56(5)31(8-7-23-24-15-54(3)13-14-58(24,22-77-52(54)74)32(63)16-57(23,56)6)55(30,4)11-10-33(53)82-50-45(85-49-42(72)39(69)36(66)27(18-60)79-49)37(67)29(21-76-50)81-51-46(84-47-40(70)34(64)25(62)20-75-47)43(73)44(28(19-61)80-51)83-48-41(71)38(68)35(65)26(17-59)78-48/h7,24-51,59-73H,8-22H2,1-6H3. The number of aliphatic hydroxyl groups excluding tert-OH is 15. The molecule has 0 amide bonds. The zero-order chi connectivity index (χ0) is 61.4. The summed E-state index contributed by atoms with van der Waals surface area (Å²) in [6.07, 6.45) is -33.4. The Morgan fingerprint density at radius 1 is 0.529 bits per heavy atom. The first-order valence-corrected chi connectivity index (χ1v) is 30.4. The van der Waals surface area contributed by atoms with E-state index in [1.54, 1.807) is 0 Å². The van der Waals surface area contributed by atoms with Gasteiger partial charge in [-0.15, -0.1) is 0 Å². The lowest BCUT2D eigenvalue weighted by molar-refractivity contribution is -0.402. The highest BCUT2D eigenvalue weighted by Gasteiger charge is 2.72. The van der Waals surface area contributed by atoms with Gasteiger partial charge in [0.2, 0.25) is 0 Å². The third-order valence-electron chi connectivity index (χ3n) is 23.4. The highest BCUT2D eigenvalue weighted by Crippen LogP contribution is 2.76. The van der Waals surface area contributed by atoms with Gasteiger partial charge in [0.15, 0.2) is 31.5 Å². The fourth-order valence-electron chi connectivity index (χ4n) is 18.0. The van der Waals surface area contributed by atoms with E-state index in [4.69, 9.17) is 52.1 Å². The minimum atomic E-state index is -2.04. The molecule has 7 heterocycles. The second kappa shape index (κ2) is 23.7. The SMILES string of the molecule is CC12CCC3(COC1=O)C(O)CC1(C)C(=CCC4C5(C)CCC(OC6OCC(OC7OC(CO)C(OC8OC(CO)C(O)C(O)C8O)C(O)C7OC7OCC(O)C(O)C7O)C(O)C6OC6OC(CO)C(O)C(O)C6O)C(C)(C)C5CCC41C)C3C2. The van der Waals surface area contributed by atoms with Crippen LogP contribution in [0.25, 0.3) is 0 Å². The molecule has 0 aromatic rings. The summed E-state index contributed by atoms with van der Waals surface area (Å²) < 4.78 is 67.0. The lowest BCUT2D eigenvalue weighted by Crippen LogP contribution is -2.68. The number of carbonyl (C=O) groups excluding carboxylic acids is 1. The summed E-state index contributed by atoms with van der Waals surface area (Å²) in [7, 11) is 0. The molecule has 2 bridgehead atoms. The zero-order valence-corrected chi connectivity index (χ0v) is 49.0. The smallest absolute Gasteiger partial charge is 0.311 e. The van der Waals surface area contributed by atoms with Crippen LogP contribution in [0, 0.1) is 50.2 Å². The van der Waals surface area contributed by atoms with Crippen molar-refractivity contribution in [3.8, 4) is 0 Å². The summed E-state index contributed by atoms with van der Waals surface area (Å²) in [5.41, 5.74) is -1.21. The van der Waals surface area contributed by atoms with Gasteiger partial charge in [-0.1, -0.05) is 46.3 Å². The lowest BCUT2D eigenvalue weighted by Gasteiger charge is -2.71. The molecule has 27 nitrogen and oxygen atoms in total. The van der Waals surface area contributed by atoms with Crippen molar-refractivity contribution in [2.75, 3.05) is 39.6 Å². The van der Waals surface area contributed by atoms with Crippen LogP contribution in [0.4, 0.5) is 0 Å². The van der Waals surface area contributed by atoms with Gasteiger partial charge in [-0.2, -0.15) is 0 Å². The van der Waals surface area contributed by atoms with Crippen LogP contribution in [0.3, 0.4) is 0 Å². The maximum atomic E-state index is 13.4. The molecule has 0 aromatic carbocycles. The van der Waals surface area contributed by atoms with Gasteiger partial charge in [0, 0.05) is 5.41 Å². The fourth-order valence-corrected chi connectivity index (χ4v) is 18.0. The predicted molar refractivity (Wildman–Crippen MR) is 283 cm³/mol. The number of carbonyl (C=O) groups is 1. The molecule has 5 aliphatic carbocycles. The van der Waals surface area contributed by atoms with Gasteiger partial charge in [-0.05, 0) is 104 Å². The monoisotopic (exact) mass is 1220 g/mol. The molecule has 11 fully saturated rings. The van der Waals surface area contributed by atoms with Crippen molar-refractivity contribution in [1.82, 2.24) is 0 Å². The summed E-state index contributed by atoms with van der Waals surface area (Å²) in [6.45, 7) is 9.96. The molecule has 33 atom stereocenters. The summed E-state index contributed by atoms with van der Waals surface area (Å²) in [5, 5.41) is 164. The summed E-state index contributed by atoms with van der Waals surface area (Å²) in [6, 6.07) is 0. The number of aliphatic hydroxyl groups is 15. The van der Waals surface area contributed by atoms with Crippen molar-refractivity contribution in [3.05, 3.63) is 11.6 Å². The van der Waals surface area contributed by atoms with E-state index in [0.29, 0.717) is 32.1 Å². The molecular weight excluding hydrogens is 1130 g/mol. The number of fused-ring (bicyclic) bond motifs is 8. The van der Waals surface area contributed by atoms with Crippen molar-refractivity contribution in [2.45, 2.75) is 253 Å². The Morgan fingerprint density at radius 3 is 1.74 bits per heavy atom. The minimum Gasteiger partial charge on any atom is -0.465 e. The van der Waals surface area contributed by atoms with E-state index in [-0.39, 0.29) is 46.6 Å². The zero-order valence-electron chi connectivity index (χ0n) is 49.0. The van der Waals surface area contributed by atoms with Gasteiger partial charge in [0.25, 0.3) is 0 Å². The van der Waals surface area contributed by atoms with E-state index >= 15 is 0 Å². The molecule has 7 saturated heterocycles. The number of ether oxygens (including phenoxy) is 11. The Bertz CT molecular complexity index is 2400. The van der Waals surface area contributed by atoms with E-state index in [0.717, 1.165) is 25.7 Å².